The van der Waals surface area contributed by atoms with Crippen LogP contribution in [0.4, 0.5) is 0 Å². The van der Waals surface area contributed by atoms with Crippen LogP contribution in [0.3, 0.4) is 0 Å². The molecule has 0 aliphatic carbocycles. The zero-order chi connectivity index (χ0) is 14.1. The summed E-state index contributed by atoms with van der Waals surface area (Å²) in [7, 11) is 0. The number of aliphatic hydroxyl groups excluding tert-OH is 1. The number of hydrogen-bond acceptors (Lipinski definition) is 2. The molecule has 0 radical (unpaired) electrons. The number of aliphatic hydroxyl groups is 1. The van der Waals surface area contributed by atoms with Crippen molar-refractivity contribution in [1.29, 1.82) is 0 Å². The first-order chi connectivity index (χ1) is 9.67. The summed E-state index contributed by atoms with van der Waals surface area (Å²) in [6.07, 6.45) is 0. The Morgan fingerprint density at radius 3 is 2.60 bits per heavy atom. The maximum Gasteiger partial charge on any atom is 0.146 e. The van der Waals surface area contributed by atoms with Gasteiger partial charge in [-0.05, 0) is 24.3 Å². The van der Waals surface area contributed by atoms with Crippen molar-refractivity contribution < 1.29 is 9.84 Å². The van der Waals surface area contributed by atoms with Crippen molar-refractivity contribution in [3.05, 3.63) is 58.2 Å². The summed E-state index contributed by atoms with van der Waals surface area (Å²) in [4.78, 5) is 3.08. The largest absolute Gasteiger partial charge is 0.455 e. The van der Waals surface area contributed by atoms with Crippen molar-refractivity contribution in [2.75, 3.05) is 0 Å². The summed E-state index contributed by atoms with van der Waals surface area (Å²) in [5.41, 5.74) is 1.51. The smallest absolute Gasteiger partial charge is 0.146 e. The van der Waals surface area contributed by atoms with E-state index in [0.717, 1.165) is 10.9 Å². The van der Waals surface area contributed by atoms with Crippen LogP contribution in [-0.2, 0) is 6.61 Å². The zero-order valence-corrected chi connectivity index (χ0v) is 11.9. The molecule has 0 saturated carbocycles. The molecule has 2 N–H and O–H groups in total. The molecule has 1 aromatic heterocycles. The van der Waals surface area contributed by atoms with E-state index < -0.39 is 0 Å². The average molecular weight is 308 g/mol. The van der Waals surface area contributed by atoms with E-state index in [4.69, 9.17) is 27.9 Å². The lowest BCUT2D eigenvalue weighted by atomic mass is 10.2. The molecule has 0 fully saturated rings. The van der Waals surface area contributed by atoms with Gasteiger partial charge >= 0.3 is 0 Å². The molecule has 2 aromatic carbocycles. The Morgan fingerprint density at radius 1 is 1.05 bits per heavy atom. The third-order valence-corrected chi connectivity index (χ3v) is 3.48. The van der Waals surface area contributed by atoms with Crippen molar-refractivity contribution in [1.82, 2.24) is 4.98 Å². The van der Waals surface area contributed by atoms with Crippen LogP contribution in [0, 0.1) is 0 Å². The minimum absolute atomic E-state index is 0.0716. The normalized spacial score (nSPS) is 10.9. The fraction of sp³-hybridized carbons (Fsp3) is 0.0667. The van der Waals surface area contributed by atoms with Gasteiger partial charge in [0.1, 0.15) is 11.5 Å². The Balaban J connectivity index is 2.11. The minimum Gasteiger partial charge on any atom is -0.455 e. The number of halogens is 2. The average Bonchev–Trinajstić information content (AvgIpc) is 2.84. The summed E-state index contributed by atoms with van der Waals surface area (Å²) in [5, 5.41) is 11.1. The van der Waals surface area contributed by atoms with Crippen molar-refractivity contribution >= 4 is 34.1 Å². The molecule has 5 heteroatoms. The predicted octanol–water partition coefficient (Wildman–Crippen LogP) is 4.76. The first-order valence-corrected chi connectivity index (χ1v) is 6.77. The van der Waals surface area contributed by atoms with Crippen LogP contribution in [0.15, 0.2) is 42.5 Å². The molecular weight excluding hydrogens is 297 g/mol. The number of H-pyrrole nitrogens is 1. The SMILES string of the molecule is OCc1cc2c(Oc3ccccc3Cl)cc(Cl)cc2[nH]1. The Hall–Kier alpha value is -1.68. The monoisotopic (exact) mass is 307 g/mol. The van der Waals surface area contributed by atoms with Crippen LogP contribution < -0.4 is 4.74 Å². The molecule has 102 valence electrons. The summed E-state index contributed by atoms with van der Waals surface area (Å²) >= 11 is 12.2. The number of aromatic nitrogens is 1. The van der Waals surface area contributed by atoms with Crippen LogP contribution in [0.2, 0.25) is 10.0 Å². The van der Waals surface area contributed by atoms with Gasteiger partial charge in [-0.2, -0.15) is 0 Å². The van der Waals surface area contributed by atoms with Crippen LogP contribution in [0.25, 0.3) is 10.9 Å². The lowest BCUT2D eigenvalue weighted by Gasteiger charge is -2.09. The maximum atomic E-state index is 9.21. The summed E-state index contributed by atoms with van der Waals surface area (Å²) < 4.78 is 5.84. The van der Waals surface area contributed by atoms with Crippen molar-refractivity contribution in [2.24, 2.45) is 0 Å². The van der Waals surface area contributed by atoms with E-state index in [2.05, 4.69) is 4.98 Å². The highest BCUT2D eigenvalue weighted by Crippen LogP contribution is 2.36. The van der Waals surface area contributed by atoms with Gasteiger partial charge in [0.15, 0.2) is 0 Å². The molecule has 0 atom stereocenters. The van der Waals surface area contributed by atoms with E-state index in [1.54, 1.807) is 24.3 Å². The molecule has 0 unspecified atom stereocenters. The van der Waals surface area contributed by atoms with E-state index in [-0.39, 0.29) is 6.61 Å². The number of aromatic amines is 1. The maximum absolute atomic E-state index is 9.21. The highest BCUT2D eigenvalue weighted by Gasteiger charge is 2.10. The molecule has 0 amide bonds. The standard InChI is InChI=1S/C15H11Cl2NO2/c16-9-5-13-11(7-10(8-19)18-13)15(6-9)20-14-4-2-1-3-12(14)17/h1-7,18-19H,8H2. The highest BCUT2D eigenvalue weighted by molar-refractivity contribution is 6.32. The second-order valence-electron chi connectivity index (χ2n) is 4.35. The molecule has 0 spiro atoms. The minimum atomic E-state index is -0.0716. The second-order valence-corrected chi connectivity index (χ2v) is 5.19. The number of para-hydroxylation sites is 1. The first-order valence-electron chi connectivity index (χ1n) is 6.02. The second kappa shape index (κ2) is 5.37. The van der Waals surface area contributed by atoms with E-state index in [1.807, 2.05) is 18.2 Å². The number of benzene rings is 2. The Labute approximate surface area is 125 Å². The highest BCUT2D eigenvalue weighted by atomic mass is 35.5. The summed E-state index contributed by atoms with van der Waals surface area (Å²) in [5.74, 6) is 1.15. The number of ether oxygens (including phenoxy) is 1. The first kappa shape index (κ1) is 13.3. The van der Waals surface area contributed by atoms with E-state index in [0.29, 0.717) is 27.2 Å². The van der Waals surface area contributed by atoms with Gasteiger partial charge in [-0.3, -0.25) is 0 Å². The molecular formula is C15H11Cl2NO2. The molecule has 1 heterocycles. The molecule has 3 rings (SSSR count). The molecule has 3 nitrogen and oxygen atoms in total. The van der Waals surface area contributed by atoms with E-state index >= 15 is 0 Å². The summed E-state index contributed by atoms with van der Waals surface area (Å²) in [6.45, 7) is -0.0716. The Kier molecular flexibility index (Phi) is 3.57. The van der Waals surface area contributed by atoms with Crippen molar-refractivity contribution in [2.45, 2.75) is 6.61 Å². The topological polar surface area (TPSA) is 45.2 Å². The third-order valence-electron chi connectivity index (χ3n) is 2.95. The number of rotatable bonds is 3. The van der Waals surface area contributed by atoms with Crippen LogP contribution in [0.5, 0.6) is 11.5 Å². The van der Waals surface area contributed by atoms with Crippen LogP contribution >= 0.6 is 23.2 Å². The molecule has 20 heavy (non-hydrogen) atoms. The van der Waals surface area contributed by atoms with E-state index in [9.17, 15) is 5.11 Å². The predicted molar refractivity (Wildman–Crippen MR) is 80.8 cm³/mol. The van der Waals surface area contributed by atoms with Gasteiger partial charge in [0.2, 0.25) is 0 Å². The molecule has 0 aliphatic heterocycles. The van der Waals surface area contributed by atoms with Gasteiger partial charge in [0, 0.05) is 22.2 Å². The zero-order valence-electron chi connectivity index (χ0n) is 10.4. The lowest BCUT2D eigenvalue weighted by molar-refractivity contribution is 0.278. The fourth-order valence-electron chi connectivity index (χ4n) is 2.04. The molecule has 0 saturated heterocycles. The van der Waals surface area contributed by atoms with Crippen molar-refractivity contribution in [3.63, 3.8) is 0 Å². The Morgan fingerprint density at radius 2 is 1.85 bits per heavy atom. The molecule has 3 aromatic rings. The lowest BCUT2D eigenvalue weighted by Crippen LogP contribution is -1.86. The van der Waals surface area contributed by atoms with Crippen LogP contribution in [0.1, 0.15) is 5.69 Å². The number of fused-ring (bicyclic) bond motifs is 1. The van der Waals surface area contributed by atoms with Gasteiger partial charge in [0.05, 0.1) is 17.1 Å². The Bertz CT molecular complexity index is 768. The van der Waals surface area contributed by atoms with Gasteiger partial charge in [-0.15, -0.1) is 0 Å². The van der Waals surface area contributed by atoms with Gasteiger partial charge in [-0.25, -0.2) is 0 Å². The van der Waals surface area contributed by atoms with Gasteiger partial charge in [-0.1, -0.05) is 35.3 Å². The van der Waals surface area contributed by atoms with Crippen molar-refractivity contribution in [3.8, 4) is 11.5 Å². The molecule has 0 aliphatic rings. The quantitative estimate of drug-likeness (QED) is 0.733. The fourth-order valence-corrected chi connectivity index (χ4v) is 2.43. The number of hydrogen-bond donors (Lipinski definition) is 2. The van der Waals surface area contributed by atoms with Gasteiger partial charge in [0.25, 0.3) is 0 Å². The third kappa shape index (κ3) is 2.48. The molecule has 0 bridgehead atoms. The summed E-state index contributed by atoms with van der Waals surface area (Å²) in [6, 6.07) is 12.6. The van der Waals surface area contributed by atoms with E-state index in [1.165, 1.54) is 0 Å². The number of nitrogens with one attached hydrogen (secondary N) is 1. The van der Waals surface area contributed by atoms with Gasteiger partial charge < -0.3 is 14.8 Å². The van der Waals surface area contributed by atoms with Crippen LogP contribution in [-0.4, -0.2) is 10.1 Å².